The first-order valence-corrected chi connectivity index (χ1v) is 14.3. The van der Waals surface area contributed by atoms with Crippen molar-refractivity contribution in [3.63, 3.8) is 0 Å². The van der Waals surface area contributed by atoms with Gasteiger partial charge in [0.05, 0.1) is 0 Å². The van der Waals surface area contributed by atoms with E-state index in [4.69, 9.17) is 23.2 Å². The lowest BCUT2D eigenvalue weighted by Gasteiger charge is -2.33. The molecular weight excluding hydrogens is 539 g/mol. The Balaban J connectivity index is 1.77. The van der Waals surface area contributed by atoms with Crippen LogP contribution >= 0.6 is 23.2 Å². The van der Waals surface area contributed by atoms with Gasteiger partial charge in [0.15, 0.2) is 0 Å². The van der Waals surface area contributed by atoms with Crippen LogP contribution in [0, 0.1) is 0 Å². The van der Waals surface area contributed by atoms with Gasteiger partial charge in [-0.1, -0.05) is 120 Å². The Morgan fingerprint density at radius 1 is 0.725 bits per heavy atom. The molecule has 0 aliphatic rings. The second-order valence-electron chi connectivity index (χ2n) is 10.2. The molecule has 0 aliphatic heterocycles. The zero-order valence-electron chi connectivity index (χ0n) is 22.8. The van der Waals surface area contributed by atoms with Crippen LogP contribution in [-0.4, -0.2) is 28.8 Å². The van der Waals surface area contributed by atoms with Crippen molar-refractivity contribution in [2.24, 2.45) is 0 Å². The van der Waals surface area contributed by atoms with Crippen LogP contribution in [0.5, 0.6) is 0 Å². The van der Waals surface area contributed by atoms with Gasteiger partial charge >= 0.3 is 0 Å². The highest BCUT2D eigenvalue weighted by Gasteiger charge is 2.33. The van der Waals surface area contributed by atoms with Crippen LogP contribution < -0.4 is 5.32 Å². The molecule has 0 saturated carbocycles. The highest BCUT2D eigenvalue weighted by atomic mass is 35.5. The van der Waals surface area contributed by atoms with E-state index in [0.717, 1.165) is 16.7 Å². The molecule has 2 amide bonds. The minimum atomic E-state index is -0.767. The van der Waals surface area contributed by atoms with Gasteiger partial charge in [0, 0.05) is 47.0 Å². The van der Waals surface area contributed by atoms with Crippen LogP contribution in [-0.2, 0) is 22.6 Å². The molecule has 40 heavy (non-hydrogen) atoms. The van der Waals surface area contributed by atoms with Crippen molar-refractivity contribution in [3.8, 4) is 0 Å². The van der Waals surface area contributed by atoms with Gasteiger partial charge in [-0.05, 0) is 42.7 Å². The zero-order valence-corrected chi connectivity index (χ0v) is 24.3. The summed E-state index contributed by atoms with van der Waals surface area (Å²) >= 11 is 13.2. The number of hydrogen-bond donors (Lipinski definition) is 1. The Labute approximate surface area is 246 Å². The van der Waals surface area contributed by atoms with Crippen LogP contribution in [0.4, 0.5) is 0 Å². The van der Waals surface area contributed by atoms with E-state index in [0.29, 0.717) is 22.0 Å². The Morgan fingerprint density at radius 2 is 1.23 bits per heavy atom. The molecule has 0 aliphatic carbocycles. The number of nitrogens with one attached hydrogen (secondary N) is 1. The van der Waals surface area contributed by atoms with Gasteiger partial charge in [0.1, 0.15) is 6.04 Å². The average molecular weight is 574 g/mol. The van der Waals surface area contributed by atoms with Crippen molar-refractivity contribution in [2.75, 3.05) is 0 Å². The quantitative estimate of drug-likeness (QED) is 0.200. The first-order valence-electron chi connectivity index (χ1n) is 13.5. The molecule has 0 fully saturated rings. The summed E-state index contributed by atoms with van der Waals surface area (Å²) in [7, 11) is 0. The van der Waals surface area contributed by atoms with E-state index >= 15 is 0 Å². The minimum absolute atomic E-state index is 0.0898. The molecule has 4 nitrogen and oxygen atoms in total. The number of amides is 2. The third-order valence-corrected chi connectivity index (χ3v) is 7.58. The largest absolute Gasteiger partial charge is 0.352 e. The van der Waals surface area contributed by atoms with E-state index < -0.39 is 6.04 Å². The van der Waals surface area contributed by atoms with E-state index in [1.165, 1.54) is 0 Å². The topological polar surface area (TPSA) is 49.4 Å². The molecular formula is C34H34Cl2N2O2. The van der Waals surface area contributed by atoms with Crippen molar-refractivity contribution in [1.82, 2.24) is 10.2 Å². The zero-order chi connectivity index (χ0) is 28.5. The molecule has 4 rings (SSSR count). The van der Waals surface area contributed by atoms with Crippen LogP contribution in [0.15, 0.2) is 109 Å². The Morgan fingerprint density at radius 3 is 1.73 bits per heavy atom. The van der Waals surface area contributed by atoms with Crippen LogP contribution in [0.2, 0.25) is 10.0 Å². The smallest absolute Gasteiger partial charge is 0.243 e. The van der Waals surface area contributed by atoms with Gasteiger partial charge < -0.3 is 10.2 Å². The van der Waals surface area contributed by atoms with Gasteiger partial charge in [-0.25, -0.2) is 0 Å². The number of nitrogens with zero attached hydrogens (tertiary/aromatic N) is 1. The van der Waals surface area contributed by atoms with Crippen LogP contribution in [0.1, 0.15) is 48.4 Å². The molecule has 1 N–H and O–H groups in total. The van der Waals surface area contributed by atoms with Crippen molar-refractivity contribution in [3.05, 3.63) is 141 Å². The molecule has 0 saturated heterocycles. The summed E-state index contributed by atoms with van der Waals surface area (Å²) in [4.78, 5) is 29.8. The number of benzene rings is 4. The standard InChI is InChI=1S/C34H34Cl2N2O2/c1-24(2)37-34(40)32(21-25-13-6-3-7-14-25)38(23-29-30(35)19-12-20-31(29)36)33(39)22-28(26-15-8-4-9-16-26)27-17-10-5-11-18-27/h3-20,24,28,32H,21-23H2,1-2H3,(H,37,40)/t32-/m0/s1. The molecule has 0 radical (unpaired) electrons. The molecule has 0 bridgehead atoms. The lowest BCUT2D eigenvalue weighted by Crippen LogP contribution is -2.52. The fourth-order valence-corrected chi connectivity index (χ4v) is 5.40. The minimum Gasteiger partial charge on any atom is -0.352 e. The monoisotopic (exact) mass is 572 g/mol. The van der Waals surface area contributed by atoms with Crippen LogP contribution in [0.25, 0.3) is 0 Å². The van der Waals surface area contributed by atoms with E-state index in [-0.39, 0.29) is 36.7 Å². The third-order valence-electron chi connectivity index (χ3n) is 6.87. The predicted molar refractivity (Wildman–Crippen MR) is 164 cm³/mol. The van der Waals surface area contributed by atoms with E-state index in [1.807, 2.05) is 105 Å². The predicted octanol–water partition coefficient (Wildman–Crippen LogP) is 7.68. The van der Waals surface area contributed by atoms with Gasteiger partial charge in [0.25, 0.3) is 0 Å². The number of carbonyl (C=O) groups is 2. The van der Waals surface area contributed by atoms with Crippen LogP contribution in [0.3, 0.4) is 0 Å². The molecule has 0 spiro atoms. The molecule has 206 valence electrons. The molecule has 6 heteroatoms. The maximum Gasteiger partial charge on any atom is 0.243 e. The molecule has 4 aromatic carbocycles. The molecule has 0 aromatic heterocycles. The Kier molecular flexibility index (Phi) is 10.4. The van der Waals surface area contributed by atoms with E-state index in [1.54, 1.807) is 23.1 Å². The van der Waals surface area contributed by atoms with E-state index in [2.05, 4.69) is 5.32 Å². The van der Waals surface area contributed by atoms with Crippen molar-refractivity contribution in [2.45, 2.75) is 51.2 Å². The average Bonchev–Trinajstić information content (AvgIpc) is 2.96. The van der Waals surface area contributed by atoms with Gasteiger partial charge in [-0.15, -0.1) is 0 Å². The normalized spacial score (nSPS) is 11.8. The first kappa shape index (κ1) is 29.4. The summed E-state index contributed by atoms with van der Waals surface area (Å²) in [6, 6.07) is 34.1. The van der Waals surface area contributed by atoms with Gasteiger partial charge in [0.2, 0.25) is 11.8 Å². The second kappa shape index (κ2) is 14.2. The summed E-state index contributed by atoms with van der Waals surface area (Å²) < 4.78 is 0. The Hall–Kier alpha value is -3.60. The summed E-state index contributed by atoms with van der Waals surface area (Å²) in [5, 5.41) is 3.94. The molecule has 4 aromatic rings. The number of halogens is 2. The lowest BCUT2D eigenvalue weighted by molar-refractivity contribution is -0.141. The number of rotatable bonds is 11. The van der Waals surface area contributed by atoms with Crippen molar-refractivity contribution < 1.29 is 9.59 Å². The second-order valence-corrected chi connectivity index (χ2v) is 11.0. The third kappa shape index (κ3) is 7.74. The van der Waals surface area contributed by atoms with Gasteiger partial charge in [-0.2, -0.15) is 0 Å². The fraction of sp³-hybridized carbons (Fsp3) is 0.235. The van der Waals surface area contributed by atoms with Crippen molar-refractivity contribution >= 4 is 35.0 Å². The first-order chi connectivity index (χ1) is 19.3. The number of carbonyl (C=O) groups excluding carboxylic acids is 2. The van der Waals surface area contributed by atoms with Crippen molar-refractivity contribution in [1.29, 1.82) is 0 Å². The highest BCUT2D eigenvalue weighted by molar-refractivity contribution is 6.36. The van der Waals surface area contributed by atoms with E-state index in [9.17, 15) is 9.59 Å². The summed E-state index contributed by atoms with van der Waals surface area (Å²) in [5.41, 5.74) is 3.63. The summed E-state index contributed by atoms with van der Waals surface area (Å²) in [6.07, 6.45) is 0.533. The van der Waals surface area contributed by atoms with Gasteiger partial charge in [-0.3, -0.25) is 9.59 Å². The Bertz CT molecular complexity index is 1340. The SMILES string of the molecule is CC(C)NC(=O)[C@H](Cc1ccccc1)N(Cc1c(Cl)cccc1Cl)C(=O)CC(c1ccccc1)c1ccccc1. The summed E-state index contributed by atoms with van der Waals surface area (Å²) in [6.45, 7) is 3.93. The maximum absolute atomic E-state index is 14.4. The fourth-order valence-electron chi connectivity index (χ4n) is 4.88. The molecule has 1 atom stereocenters. The molecule has 0 unspecified atom stereocenters. The number of hydrogen-bond acceptors (Lipinski definition) is 2. The maximum atomic E-state index is 14.4. The summed E-state index contributed by atoms with van der Waals surface area (Å²) in [5.74, 6) is -0.565. The lowest BCUT2D eigenvalue weighted by atomic mass is 9.87. The molecule has 0 heterocycles. The highest BCUT2D eigenvalue weighted by Crippen LogP contribution is 2.32.